The van der Waals surface area contributed by atoms with E-state index in [1.807, 2.05) is 0 Å². The molecule has 2 amide bonds. The molecule has 110 valence electrons. The number of aliphatic hydroxyl groups excluding tert-OH is 1. The zero-order valence-electron chi connectivity index (χ0n) is 10.9. The van der Waals surface area contributed by atoms with Gasteiger partial charge in [0, 0.05) is 5.56 Å². The molecule has 1 aromatic rings. The summed E-state index contributed by atoms with van der Waals surface area (Å²) in [4.78, 5) is 36.2. The fraction of sp³-hybridized carbons (Fsp3) is 0.357. The Hall–Kier alpha value is -1.86. The standard InChI is InChI=1S/C14H13NO5S/c16-8-3-1-7(2-4-8)12(19)21-14-6-5-9(17)10(14)11(18)15-13(14)20/h1-4,9-10,16-17H,5-6H2,(H,15,18,20)/t9-,10-,14+/m0/s1. The van der Waals surface area contributed by atoms with Crippen molar-refractivity contribution in [1.29, 1.82) is 0 Å². The van der Waals surface area contributed by atoms with Gasteiger partial charge in [-0.2, -0.15) is 0 Å². The Morgan fingerprint density at radius 1 is 1.29 bits per heavy atom. The first-order valence-electron chi connectivity index (χ1n) is 6.50. The Kier molecular flexibility index (Phi) is 3.26. The number of benzene rings is 1. The highest BCUT2D eigenvalue weighted by atomic mass is 32.2. The van der Waals surface area contributed by atoms with Gasteiger partial charge in [-0.25, -0.2) is 0 Å². The van der Waals surface area contributed by atoms with E-state index >= 15 is 0 Å². The summed E-state index contributed by atoms with van der Waals surface area (Å²) >= 11 is 0.786. The lowest BCUT2D eigenvalue weighted by atomic mass is 9.97. The molecular weight excluding hydrogens is 294 g/mol. The maximum Gasteiger partial charge on any atom is 0.244 e. The Morgan fingerprint density at radius 3 is 2.62 bits per heavy atom. The van der Waals surface area contributed by atoms with Crippen LogP contribution in [0.2, 0.25) is 0 Å². The van der Waals surface area contributed by atoms with E-state index in [2.05, 4.69) is 5.32 Å². The van der Waals surface area contributed by atoms with Crippen LogP contribution in [-0.2, 0) is 9.59 Å². The topological polar surface area (TPSA) is 104 Å². The van der Waals surface area contributed by atoms with Gasteiger partial charge in [-0.15, -0.1) is 0 Å². The van der Waals surface area contributed by atoms with Gasteiger partial charge in [0.05, 0.1) is 12.0 Å². The minimum atomic E-state index is -1.22. The van der Waals surface area contributed by atoms with Crippen molar-refractivity contribution in [3.8, 4) is 5.75 Å². The molecule has 6 nitrogen and oxygen atoms in total. The number of phenols is 1. The normalized spacial score (nSPS) is 31.1. The largest absolute Gasteiger partial charge is 0.508 e. The Morgan fingerprint density at radius 2 is 1.95 bits per heavy atom. The van der Waals surface area contributed by atoms with Crippen LogP contribution in [0.15, 0.2) is 24.3 Å². The maximum atomic E-state index is 12.3. The van der Waals surface area contributed by atoms with Crippen molar-refractivity contribution in [2.24, 2.45) is 5.92 Å². The quantitative estimate of drug-likeness (QED) is 0.685. The van der Waals surface area contributed by atoms with Crippen LogP contribution in [0, 0.1) is 5.92 Å². The van der Waals surface area contributed by atoms with Crippen LogP contribution in [0.1, 0.15) is 23.2 Å². The van der Waals surface area contributed by atoms with E-state index in [9.17, 15) is 24.6 Å². The van der Waals surface area contributed by atoms with Gasteiger partial charge >= 0.3 is 0 Å². The molecule has 0 radical (unpaired) electrons. The van der Waals surface area contributed by atoms with Crippen LogP contribution >= 0.6 is 11.8 Å². The number of imide groups is 1. The number of nitrogens with one attached hydrogen (secondary N) is 1. The molecule has 3 atom stereocenters. The molecule has 7 heteroatoms. The molecule has 1 aromatic carbocycles. The number of aromatic hydroxyl groups is 1. The van der Waals surface area contributed by atoms with Gasteiger partial charge in [0.2, 0.25) is 16.9 Å². The third-order valence-corrected chi connectivity index (χ3v) is 5.41. The summed E-state index contributed by atoms with van der Waals surface area (Å²) in [5.74, 6) is -1.86. The lowest BCUT2D eigenvalue weighted by molar-refractivity contribution is -0.127. The number of hydrogen-bond acceptors (Lipinski definition) is 6. The first-order valence-corrected chi connectivity index (χ1v) is 7.31. The highest BCUT2D eigenvalue weighted by Gasteiger charge is 2.63. The van der Waals surface area contributed by atoms with Gasteiger partial charge in [0.15, 0.2) is 0 Å². The molecular formula is C14H13NO5S. The predicted molar refractivity (Wildman–Crippen MR) is 74.6 cm³/mol. The molecule has 2 aliphatic rings. The number of carbonyl (C=O) groups is 3. The molecule has 21 heavy (non-hydrogen) atoms. The number of rotatable bonds is 2. The highest BCUT2D eigenvalue weighted by molar-refractivity contribution is 8.16. The fourth-order valence-corrected chi connectivity index (χ4v) is 4.25. The Bertz CT molecular complexity index is 629. The van der Waals surface area contributed by atoms with Crippen molar-refractivity contribution in [2.45, 2.75) is 23.7 Å². The molecule has 0 unspecified atom stereocenters. The van der Waals surface area contributed by atoms with Gasteiger partial charge in [-0.1, -0.05) is 11.8 Å². The van der Waals surface area contributed by atoms with Crippen molar-refractivity contribution < 1.29 is 24.6 Å². The lowest BCUT2D eigenvalue weighted by Gasteiger charge is -2.23. The zero-order chi connectivity index (χ0) is 15.2. The number of aliphatic hydroxyl groups is 1. The molecule has 0 spiro atoms. The van der Waals surface area contributed by atoms with Gasteiger partial charge in [-0.05, 0) is 37.1 Å². The van der Waals surface area contributed by atoms with E-state index in [1.54, 1.807) is 0 Å². The summed E-state index contributed by atoms with van der Waals surface area (Å²) in [6.45, 7) is 0. The van der Waals surface area contributed by atoms with E-state index in [0.29, 0.717) is 12.0 Å². The molecule has 1 saturated heterocycles. The van der Waals surface area contributed by atoms with Gasteiger partial charge < -0.3 is 10.2 Å². The Labute approximate surface area is 124 Å². The van der Waals surface area contributed by atoms with Crippen LogP contribution in [0.3, 0.4) is 0 Å². The number of thioether (sulfide) groups is 1. The van der Waals surface area contributed by atoms with E-state index in [1.165, 1.54) is 24.3 Å². The minimum Gasteiger partial charge on any atom is -0.508 e. The lowest BCUT2D eigenvalue weighted by Crippen LogP contribution is -2.38. The maximum absolute atomic E-state index is 12.3. The molecule has 0 bridgehead atoms. The summed E-state index contributed by atoms with van der Waals surface area (Å²) in [5, 5.41) is 21.0. The molecule has 3 rings (SSSR count). The van der Waals surface area contributed by atoms with Gasteiger partial charge in [0.25, 0.3) is 0 Å². The van der Waals surface area contributed by atoms with Gasteiger partial charge in [0.1, 0.15) is 10.5 Å². The first kappa shape index (κ1) is 14.1. The number of carbonyl (C=O) groups excluding carboxylic acids is 3. The SMILES string of the molecule is O=C(S[C@]12CC[C@H](O)[C@H]1C(=O)NC2=O)c1ccc(O)cc1. The highest BCUT2D eigenvalue weighted by Crippen LogP contribution is 2.50. The van der Waals surface area contributed by atoms with Crippen LogP contribution in [0.4, 0.5) is 0 Å². The molecule has 1 aliphatic heterocycles. The third-order valence-electron chi connectivity index (χ3n) is 3.98. The van der Waals surface area contributed by atoms with Crippen molar-refractivity contribution in [3.05, 3.63) is 29.8 Å². The van der Waals surface area contributed by atoms with Gasteiger partial charge in [-0.3, -0.25) is 19.7 Å². The molecule has 2 fully saturated rings. The summed E-state index contributed by atoms with van der Waals surface area (Å²) in [7, 11) is 0. The van der Waals surface area contributed by atoms with Crippen LogP contribution in [-0.4, -0.2) is 38.0 Å². The number of hydrogen-bond donors (Lipinski definition) is 3. The van der Waals surface area contributed by atoms with E-state index < -0.39 is 28.6 Å². The molecule has 1 aliphatic carbocycles. The van der Waals surface area contributed by atoms with E-state index in [0.717, 1.165) is 11.8 Å². The summed E-state index contributed by atoms with van der Waals surface area (Å²) < 4.78 is -1.22. The third kappa shape index (κ3) is 2.13. The molecule has 0 aromatic heterocycles. The van der Waals surface area contributed by atoms with E-state index in [-0.39, 0.29) is 17.3 Å². The Balaban J connectivity index is 1.89. The number of fused-ring (bicyclic) bond motifs is 1. The average molecular weight is 307 g/mol. The summed E-state index contributed by atoms with van der Waals surface area (Å²) in [5.41, 5.74) is 0.333. The monoisotopic (exact) mass is 307 g/mol. The first-order chi connectivity index (χ1) is 9.94. The average Bonchev–Trinajstić information content (AvgIpc) is 2.88. The van der Waals surface area contributed by atoms with Crippen molar-refractivity contribution in [1.82, 2.24) is 5.32 Å². The molecule has 1 saturated carbocycles. The van der Waals surface area contributed by atoms with Crippen LogP contribution in [0.25, 0.3) is 0 Å². The van der Waals surface area contributed by atoms with Crippen LogP contribution < -0.4 is 5.32 Å². The second-order valence-electron chi connectivity index (χ2n) is 5.23. The minimum absolute atomic E-state index is 0.0395. The zero-order valence-corrected chi connectivity index (χ0v) is 11.7. The molecule has 3 N–H and O–H groups in total. The van der Waals surface area contributed by atoms with Crippen molar-refractivity contribution >= 4 is 28.7 Å². The summed E-state index contributed by atoms with van der Waals surface area (Å²) in [6, 6.07) is 5.67. The molecule has 1 heterocycles. The summed E-state index contributed by atoms with van der Waals surface area (Å²) in [6.07, 6.45) is -0.304. The second-order valence-corrected chi connectivity index (χ2v) is 6.53. The smallest absolute Gasteiger partial charge is 0.244 e. The van der Waals surface area contributed by atoms with Crippen LogP contribution in [0.5, 0.6) is 5.75 Å². The number of amides is 2. The fourth-order valence-electron chi connectivity index (χ4n) is 2.91. The van der Waals surface area contributed by atoms with Crippen molar-refractivity contribution in [3.63, 3.8) is 0 Å². The second kappa shape index (κ2) is 4.85. The van der Waals surface area contributed by atoms with E-state index in [4.69, 9.17) is 0 Å². The number of phenolic OH excluding ortho intramolecular Hbond substituents is 1. The van der Waals surface area contributed by atoms with Crippen molar-refractivity contribution in [2.75, 3.05) is 0 Å². The predicted octanol–water partition coefficient (Wildman–Crippen LogP) is 0.432.